The molecular formula is C20H17N5O4. The SMILES string of the molecule is CCOC(=O)c1cnn(-c2ccccc2)c1NC(=O)c1cc(-c2ccco2)[nH]n1. The van der Waals surface area contributed by atoms with E-state index in [0.717, 1.165) is 0 Å². The number of aromatic amines is 1. The maximum absolute atomic E-state index is 12.8. The number of furan rings is 1. The molecule has 0 aliphatic rings. The molecule has 3 heterocycles. The van der Waals surface area contributed by atoms with Crippen LogP contribution in [0.5, 0.6) is 0 Å². The first-order valence-corrected chi connectivity index (χ1v) is 8.88. The fourth-order valence-electron chi connectivity index (χ4n) is 2.76. The largest absolute Gasteiger partial charge is 0.463 e. The third-order valence-electron chi connectivity index (χ3n) is 4.09. The molecule has 0 radical (unpaired) electrons. The van der Waals surface area contributed by atoms with Gasteiger partial charge < -0.3 is 14.5 Å². The first-order chi connectivity index (χ1) is 14.2. The van der Waals surface area contributed by atoms with Crippen molar-refractivity contribution in [1.29, 1.82) is 0 Å². The van der Waals surface area contributed by atoms with E-state index in [9.17, 15) is 9.59 Å². The van der Waals surface area contributed by atoms with Crippen molar-refractivity contribution in [2.45, 2.75) is 6.92 Å². The van der Waals surface area contributed by atoms with E-state index < -0.39 is 11.9 Å². The fraction of sp³-hybridized carbons (Fsp3) is 0.100. The molecule has 0 fully saturated rings. The number of esters is 1. The van der Waals surface area contributed by atoms with Crippen LogP contribution in [0.3, 0.4) is 0 Å². The van der Waals surface area contributed by atoms with Gasteiger partial charge in [0.2, 0.25) is 0 Å². The van der Waals surface area contributed by atoms with Gasteiger partial charge in [-0.3, -0.25) is 9.89 Å². The van der Waals surface area contributed by atoms with E-state index in [1.807, 2.05) is 18.2 Å². The highest BCUT2D eigenvalue weighted by Crippen LogP contribution is 2.23. The number of anilines is 1. The predicted octanol–water partition coefficient (Wildman–Crippen LogP) is 3.28. The van der Waals surface area contributed by atoms with E-state index >= 15 is 0 Å². The lowest BCUT2D eigenvalue weighted by Crippen LogP contribution is -2.18. The van der Waals surface area contributed by atoms with Crippen LogP contribution in [0.4, 0.5) is 5.82 Å². The number of hydrogen-bond donors (Lipinski definition) is 2. The Morgan fingerprint density at radius 3 is 2.76 bits per heavy atom. The molecule has 29 heavy (non-hydrogen) atoms. The van der Waals surface area contributed by atoms with Gasteiger partial charge in [-0.1, -0.05) is 18.2 Å². The Labute approximate surface area is 165 Å². The normalized spacial score (nSPS) is 10.7. The number of carbonyl (C=O) groups excluding carboxylic acids is 2. The Hall–Kier alpha value is -4.14. The van der Waals surface area contributed by atoms with E-state index in [1.165, 1.54) is 17.1 Å². The maximum atomic E-state index is 12.8. The first-order valence-electron chi connectivity index (χ1n) is 8.88. The first kappa shape index (κ1) is 18.2. The minimum absolute atomic E-state index is 0.132. The number of H-pyrrole nitrogens is 1. The second-order valence-corrected chi connectivity index (χ2v) is 5.97. The Kier molecular flexibility index (Phi) is 4.93. The molecule has 3 aromatic heterocycles. The van der Waals surface area contributed by atoms with E-state index in [1.54, 1.807) is 37.3 Å². The van der Waals surface area contributed by atoms with Crippen LogP contribution in [0.1, 0.15) is 27.8 Å². The van der Waals surface area contributed by atoms with Crippen LogP contribution in [-0.2, 0) is 4.74 Å². The van der Waals surface area contributed by atoms with Crippen LogP contribution in [0.15, 0.2) is 65.4 Å². The second kappa shape index (κ2) is 7.85. The highest BCUT2D eigenvalue weighted by atomic mass is 16.5. The average molecular weight is 391 g/mol. The monoisotopic (exact) mass is 391 g/mol. The zero-order valence-electron chi connectivity index (χ0n) is 15.5. The van der Waals surface area contributed by atoms with Crippen LogP contribution in [0, 0.1) is 0 Å². The number of nitrogens with one attached hydrogen (secondary N) is 2. The number of para-hydroxylation sites is 1. The summed E-state index contributed by atoms with van der Waals surface area (Å²) in [7, 11) is 0. The van der Waals surface area contributed by atoms with Crippen LogP contribution in [-0.4, -0.2) is 38.5 Å². The van der Waals surface area contributed by atoms with Gasteiger partial charge in [0, 0.05) is 6.07 Å². The summed E-state index contributed by atoms with van der Waals surface area (Å²) in [6.07, 6.45) is 2.89. The fourth-order valence-corrected chi connectivity index (χ4v) is 2.76. The van der Waals surface area contributed by atoms with Crippen molar-refractivity contribution in [3.8, 4) is 17.1 Å². The van der Waals surface area contributed by atoms with Crippen LogP contribution in [0.25, 0.3) is 17.1 Å². The van der Waals surface area contributed by atoms with E-state index in [-0.39, 0.29) is 23.7 Å². The number of benzene rings is 1. The molecule has 0 bridgehead atoms. The summed E-state index contributed by atoms with van der Waals surface area (Å²) >= 11 is 0. The molecule has 4 aromatic rings. The second-order valence-electron chi connectivity index (χ2n) is 5.97. The minimum atomic E-state index is -0.580. The van der Waals surface area contributed by atoms with Crippen molar-refractivity contribution >= 4 is 17.7 Å². The third-order valence-corrected chi connectivity index (χ3v) is 4.09. The number of rotatable bonds is 6. The van der Waals surface area contributed by atoms with Gasteiger partial charge in [-0.2, -0.15) is 10.2 Å². The van der Waals surface area contributed by atoms with Gasteiger partial charge in [0.15, 0.2) is 17.3 Å². The molecule has 4 rings (SSSR count). The molecule has 2 N–H and O–H groups in total. The van der Waals surface area contributed by atoms with Crippen molar-refractivity contribution in [2.75, 3.05) is 11.9 Å². The van der Waals surface area contributed by atoms with Gasteiger partial charge in [0.25, 0.3) is 5.91 Å². The molecule has 0 atom stereocenters. The number of hydrogen-bond acceptors (Lipinski definition) is 6. The summed E-state index contributed by atoms with van der Waals surface area (Å²) in [6, 6.07) is 14.2. The van der Waals surface area contributed by atoms with E-state index in [4.69, 9.17) is 9.15 Å². The van der Waals surface area contributed by atoms with Crippen LogP contribution >= 0.6 is 0 Å². The van der Waals surface area contributed by atoms with Gasteiger partial charge in [-0.25, -0.2) is 9.48 Å². The smallest absolute Gasteiger partial charge is 0.343 e. The summed E-state index contributed by atoms with van der Waals surface area (Å²) in [5.74, 6) is -0.342. The molecule has 1 amide bonds. The summed E-state index contributed by atoms with van der Waals surface area (Å²) in [5, 5.41) is 13.7. The highest BCUT2D eigenvalue weighted by molar-refractivity contribution is 6.06. The minimum Gasteiger partial charge on any atom is -0.463 e. The predicted molar refractivity (Wildman–Crippen MR) is 104 cm³/mol. The lowest BCUT2D eigenvalue weighted by atomic mass is 10.2. The van der Waals surface area contributed by atoms with Crippen molar-refractivity contribution in [1.82, 2.24) is 20.0 Å². The topological polar surface area (TPSA) is 115 Å². The summed E-state index contributed by atoms with van der Waals surface area (Å²) in [4.78, 5) is 25.1. The molecule has 0 spiro atoms. The Morgan fingerprint density at radius 1 is 1.21 bits per heavy atom. The summed E-state index contributed by atoms with van der Waals surface area (Å²) in [5.41, 5.74) is 1.51. The van der Waals surface area contributed by atoms with E-state index in [2.05, 4.69) is 20.6 Å². The Morgan fingerprint density at radius 2 is 2.03 bits per heavy atom. The molecule has 0 saturated carbocycles. The number of carbonyl (C=O) groups is 2. The molecule has 0 aliphatic heterocycles. The lowest BCUT2D eigenvalue weighted by molar-refractivity contribution is 0.0527. The molecule has 0 saturated heterocycles. The van der Waals surface area contributed by atoms with Crippen LogP contribution < -0.4 is 5.32 Å². The standard InChI is InChI=1S/C20H17N5O4/c1-2-28-20(27)14-12-21-25(13-7-4-3-5-8-13)18(14)22-19(26)16-11-15(23-24-16)17-9-6-10-29-17/h3-12H,2H2,1H3,(H,22,26)(H,23,24). The van der Waals surface area contributed by atoms with Crippen molar-refractivity contribution in [2.24, 2.45) is 0 Å². The third kappa shape index (κ3) is 3.65. The van der Waals surface area contributed by atoms with Crippen molar-refractivity contribution in [3.63, 3.8) is 0 Å². The van der Waals surface area contributed by atoms with Gasteiger partial charge in [-0.05, 0) is 31.2 Å². The highest BCUT2D eigenvalue weighted by Gasteiger charge is 2.23. The number of ether oxygens (including phenoxy) is 1. The lowest BCUT2D eigenvalue weighted by Gasteiger charge is -2.10. The molecule has 0 aliphatic carbocycles. The quantitative estimate of drug-likeness (QED) is 0.488. The van der Waals surface area contributed by atoms with Crippen molar-refractivity contribution < 1.29 is 18.7 Å². The molecule has 1 aromatic carbocycles. The molecule has 0 unspecified atom stereocenters. The zero-order valence-corrected chi connectivity index (χ0v) is 15.5. The number of aromatic nitrogens is 4. The molecule has 9 heteroatoms. The Balaban J connectivity index is 1.67. The van der Waals surface area contributed by atoms with Gasteiger partial charge in [0.05, 0.1) is 24.8 Å². The van der Waals surface area contributed by atoms with Gasteiger partial charge in [0.1, 0.15) is 11.3 Å². The maximum Gasteiger partial charge on any atom is 0.343 e. The number of nitrogens with zero attached hydrogens (tertiary/aromatic N) is 3. The average Bonchev–Trinajstić information content (AvgIpc) is 3.48. The van der Waals surface area contributed by atoms with Gasteiger partial charge in [-0.15, -0.1) is 0 Å². The zero-order chi connectivity index (χ0) is 20.2. The van der Waals surface area contributed by atoms with Crippen molar-refractivity contribution in [3.05, 3.63) is 72.2 Å². The summed E-state index contributed by atoms with van der Waals surface area (Å²) in [6.45, 7) is 1.91. The number of amides is 1. The van der Waals surface area contributed by atoms with Crippen LogP contribution in [0.2, 0.25) is 0 Å². The molecular weight excluding hydrogens is 374 g/mol. The molecule has 146 valence electrons. The molecule has 9 nitrogen and oxygen atoms in total. The Bertz CT molecular complexity index is 1130. The summed E-state index contributed by atoms with van der Waals surface area (Å²) < 4.78 is 11.8. The van der Waals surface area contributed by atoms with Gasteiger partial charge >= 0.3 is 5.97 Å². The van der Waals surface area contributed by atoms with E-state index in [0.29, 0.717) is 17.1 Å².